The van der Waals surface area contributed by atoms with Crippen LogP contribution >= 0.6 is 0 Å². The molecule has 0 aliphatic rings. The van der Waals surface area contributed by atoms with Crippen molar-refractivity contribution in [2.45, 2.75) is 26.3 Å². The van der Waals surface area contributed by atoms with E-state index in [-0.39, 0.29) is 0 Å². The maximum absolute atomic E-state index is 11.8. The number of oxazole rings is 1. The van der Waals surface area contributed by atoms with Gasteiger partial charge in [0.15, 0.2) is 5.58 Å². The van der Waals surface area contributed by atoms with Crippen LogP contribution in [-0.2, 0) is 9.53 Å². The van der Waals surface area contributed by atoms with Crippen LogP contribution in [0, 0.1) is 0 Å². The van der Waals surface area contributed by atoms with E-state index in [9.17, 15) is 9.59 Å². The first kappa shape index (κ1) is 13.2. The first-order valence-electron chi connectivity index (χ1n) is 6.12. The second-order valence-electron chi connectivity index (χ2n) is 4.28. The number of nitrogens with zero attached hydrogens (tertiary/aromatic N) is 1. The zero-order valence-electron chi connectivity index (χ0n) is 10.9. The van der Waals surface area contributed by atoms with Crippen molar-refractivity contribution in [1.82, 2.24) is 4.57 Å². The molecule has 1 aromatic heterocycles. The molecule has 0 spiro atoms. The van der Waals surface area contributed by atoms with Crippen LogP contribution in [0.5, 0.6) is 0 Å². The van der Waals surface area contributed by atoms with Crippen molar-refractivity contribution in [3.8, 4) is 0 Å². The van der Waals surface area contributed by atoms with E-state index in [1.54, 1.807) is 25.1 Å². The van der Waals surface area contributed by atoms with Gasteiger partial charge in [-0.05, 0) is 25.5 Å². The van der Waals surface area contributed by atoms with Crippen molar-refractivity contribution in [2.24, 2.45) is 0 Å². The Morgan fingerprint density at radius 1 is 1.53 bits per heavy atom. The van der Waals surface area contributed by atoms with Crippen LogP contribution in [0.3, 0.4) is 0 Å². The van der Waals surface area contributed by atoms with Crippen molar-refractivity contribution < 1.29 is 13.9 Å². The molecular weight excluding hydrogens is 248 g/mol. The van der Waals surface area contributed by atoms with Crippen LogP contribution in [0.25, 0.3) is 11.1 Å². The lowest BCUT2D eigenvalue weighted by Gasteiger charge is -2.12. The number of aromatic nitrogens is 1. The number of para-hydroxylation sites is 1. The number of ether oxygens (including phenoxy) is 1. The minimum absolute atomic E-state index is 0.323. The quantitative estimate of drug-likeness (QED) is 0.670. The van der Waals surface area contributed by atoms with Gasteiger partial charge in [-0.15, -0.1) is 0 Å². The van der Waals surface area contributed by atoms with Crippen molar-refractivity contribution >= 4 is 22.8 Å². The van der Waals surface area contributed by atoms with Gasteiger partial charge >= 0.3 is 11.7 Å². The van der Waals surface area contributed by atoms with E-state index >= 15 is 0 Å². The first-order chi connectivity index (χ1) is 9.06. The molecule has 0 amide bonds. The molecule has 19 heavy (non-hydrogen) atoms. The highest BCUT2D eigenvalue weighted by molar-refractivity contribution is 5.87. The van der Waals surface area contributed by atoms with E-state index < -0.39 is 17.8 Å². The number of rotatable bonds is 4. The van der Waals surface area contributed by atoms with Gasteiger partial charge in [0, 0.05) is 0 Å². The highest BCUT2D eigenvalue weighted by atomic mass is 16.5. The van der Waals surface area contributed by atoms with Gasteiger partial charge in [0.2, 0.25) is 0 Å². The molecule has 6 nitrogen and oxygen atoms in total. The van der Waals surface area contributed by atoms with Gasteiger partial charge in [-0.25, -0.2) is 9.59 Å². The minimum atomic E-state index is -0.773. The number of carbonyl (C=O) groups excluding carboxylic acids is 1. The highest BCUT2D eigenvalue weighted by Gasteiger charge is 2.23. The molecule has 1 unspecified atom stereocenters. The van der Waals surface area contributed by atoms with Gasteiger partial charge in [-0.2, -0.15) is 0 Å². The normalized spacial score (nSPS) is 12.5. The fraction of sp³-hybridized carbons (Fsp3) is 0.385. The van der Waals surface area contributed by atoms with Gasteiger partial charge in [0.1, 0.15) is 11.6 Å². The van der Waals surface area contributed by atoms with E-state index in [0.29, 0.717) is 23.4 Å². The molecule has 0 aliphatic heterocycles. The number of hydrogen-bond acceptors (Lipinski definition) is 5. The molecule has 6 heteroatoms. The molecule has 1 aromatic carbocycles. The fourth-order valence-electron chi connectivity index (χ4n) is 1.89. The third-order valence-corrected chi connectivity index (χ3v) is 2.84. The van der Waals surface area contributed by atoms with Gasteiger partial charge in [-0.3, -0.25) is 4.57 Å². The van der Waals surface area contributed by atoms with Crippen molar-refractivity contribution in [3.63, 3.8) is 0 Å². The van der Waals surface area contributed by atoms with Crippen LogP contribution in [0.15, 0.2) is 27.4 Å². The molecule has 0 bridgehead atoms. The molecule has 2 N–H and O–H groups in total. The topological polar surface area (TPSA) is 87.5 Å². The predicted molar refractivity (Wildman–Crippen MR) is 70.8 cm³/mol. The number of anilines is 1. The average molecular weight is 264 g/mol. The lowest BCUT2D eigenvalue weighted by molar-refractivity contribution is -0.147. The summed E-state index contributed by atoms with van der Waals surface area (Å²) in [7, 11) is 0. The largest absolute Gasteiger partial charge is 0.464 e. The summed E-state index contributed by atoms with van der Waals surface area (Å²) < 4.78 is 11.3. The smallest absolute Gasteiger partial charge is 0.420 e. The van der Waals surface area contributed by atoms with Gasteiger partial charge in [0.05, 0.1) is 12.3 Å². The number of fused-ring (bicyclic) bond motifs is 1. The predicted octanol–water partition coefficient (Wildman–Crippen LogP) is 1.69. The van der Waals surface area contributed by atoms with Crippen LogP contribution in [0.4, 0.5) is 5.69 Å². The lowest BCUT2D eigenvalue weighted by atomic mass is 10.2. The summed E-state index contributed by atoms with van der Waals surface area (Å²) in [6, 6.07) is 4.20. The molecule has 0 aliphatic carbocycles. The number of esters is 1. The van der Waals surface area contributed by atoms with Crippen LogP contribution in [0.2, 0.25) is 0 Å². The maximum atomic E-state index is 11.8. The lowest BCUT2D eigenvalue weighted by Crippen LogP contribution is -2.26. The van der Waals surface area contributed by atoms with Crippen molar-refractivity contribution in [2.75, 3.05) is 12.3 Å². The Balaban J connectivity index is 2.47. The second kappa shape index (κ2) is 5.17. The minimum Gasteiger partial charge on any atom is -0.464 e. The molecule has 0 saturated heterocycles. The molecular formula is C13H16N2O4. The molecule has 2 rings (SSSR count). The highest BCUT2D eigenvalue weighted by Crippen LogP contribution is 2.23. The number of carbonyl (C=O) groups is 1. The summed E-state index contributed by atoms with van der Waals surface area (Å²) in [5.41, 5.74) is 7.01. The summed E-state index contributed by atoms with van der Waals surface area (Å²) in [6.45, 7) is 3.80. The third-order valence-electron chi connectivity index (χ3n) is 2.84. The Hall–Kier alpha value is -2.24. The Labute approximate surface area is 109 Å². The summed E-state index contributed by atoms with van der Waals surface area (Å²) in [5.74, 6) is -1.09. The van der Waals surface area contributed by atoms with Crippen LogP contribution in [0.1, 0.15) is 26.3 Å². The summed E-state index contributed by atoms with van der Waals surface area (Å²) in [6.07, 6.45) is 0.724. The Kier molecular flexibility index (Phi) is 3.59. The number of hydrogen-bond donors (Lipinski definition) is 1. The number of benzene rings is 1. The monoisotopic (exact) mass is 264 g/mol. The SMILES string of the molecule is CCCOC(=O)C(C)n1c(=O)oc2cccc(N)c21. The van der Waals surface area contributed by atoms with E-state index in [0.717, 1.165) is 6.42 Å². The standard InChI is InChI=1S/C13H16N2O4/c1-3-7-18-12(16)8(2)15-11-9(14)5-4-6-10(11)19-13(15)17/h4-6,8H,3,7,14H2,1-2H3. The van der Waals surface area contributed by atoms with E-state index in [2.05, 4.69) is 0 Å². The van der Waals surface area contributed by atoms with Gasteiger partial charge in [0.25, 0.3) is 0 Å². The Morgan fingerprint density at radius 2 is 2.26 bits per heavy atom. The maximum Gasteiger partial charge on any atom is 0.420 e. The fourth-order valence-corrected chi connectivity index (χ4v) is 1.89. The molecule has 2 aromatic rings. The third kappa shape index (κ3) is 2.33. The summed E-state index contributed by atoms with van der Waals surface area (Å²) in [4.78, 5) is 23.7. The molecule has 0 fully saturated rings. The summed E-state index contributed by atoms with van der Waals surface area (Å²) >= 11 is 0. The number of nitrogen functional groups attached to an aromatic ring is 1. The first-order valence-corrected chi connectivity index (χ1v) is 6.12. The van der Waals surface area contributed by atoms with Gasteiger partial charge in [-0.1, -0.05) is 13.0 Å². The average Bonchev–Trinajstić information content (AvgIpc) is 2.72. The zero-order valence-corrected chi connectivity index (χ0v) is 10.9. The Bertz CT molecular complexity index is 656. The molecule has 0 radical (unpaired) electrons. The van der Waals surface area contributed by atoms with Crippen molar-refractivity contribution in [1.29, 1.82) is 0 Å². The Morgan fingerprint density at radius 3 is 2.95 bits per heavy atom. The molecule has 102 valence electrons. The second-order valence-corrected chi connectivity index (χ2v) is 4.28. The van der Waals surface area contributed by atoms with Gasteiger partial charge < -0.3 is 14.9 Å². The van der Waals surface area contributed by atoms with Crippen LogP contribution < -0.4 is 11.5 Å². The van der Waals surface area contributed by atoms with E-state index in [4.69, 9.17) is 14.9 Å². The van der Waals surface area contributed by atoms with E-state index in [1.807, 2.05) is 6.92 Å². The zero-order chi connectivity index (χ0) is 14.0. The van der Waals surface area contributed by atoms with Crippen LogP contribution in [-0.4, -0.2) is 17.1 Å². The summed E-state index contributed by atoms with van der Waals surface area (Å²) in [5, 5.41) is 0. The number of nitrogens with two attached hydrogens (primary N) is 1. The molecule has 1 atom stereocenters. The molecule has 0 saturated carbocycles. The molecule has 1 heterocycles. The van der Waals surface area contributed by atoms with Crippen molar-refractivity contribution in [3.05, 3.63) is 28.7 Å². The van der Waals surface area contributed by atoms with E-state index in [1.165, 1.54) is 4.57 Å².